The fraction of sp³-hybridized carbons (Fsp3) is 0.611. The Bertz CT molecular complexity index is 549. The Kier molecular flexibility index (Phi) is 3.68. The highest BCUT2D eigenvalue weighted by Crippen LogP contribution is 2.56. The minimum Gasteiger partial charge on any atom is -0.504 e. The third kappa shape index (κ3) is 2.43. The first-order valence-corrected chi connectivity index (χ1v) is 7.91. The highest BCUT2D eigenvalue weighted by atomic mass is 16.5. The van der Waals surface area contributed by atoms with E-state index in [1.165, 1.54) is 26.0 Å². The van der Waals surface area contributed by atoms with Gasteiger partial charge in [0.2, 0.25) is 0 Å². The third-order valence-electron chi connectivity index (χ3n) is 5.98. The summed E-state index contributed by atoms with van der Waals surface area (Å²) in [5.74, 6) is 4.25. The van der Waals surface area contributed by atoms with Crippen LogP contribution in [0.4, 0.5) is 0 Å². The fourth-order valence-electron chi connectivity index (χ4n) is 4.54. The predicted molar refractivity (Wildman–Crippen MR) is 81.6 cm³/mol. The van der Waals surface area contributed by atoms with Gasteiger partial charge in [0.05, 0.1) is 7.11 Å². The second-order valence-electron chi connectivity index (χ2n) is 6.89. The van der Waals surface area contributed by atoms with E-state index >= 15 is 0 Å². The minimum absolute atomic E-state index is 0.0800. The summed E-state index contributed by atoms with van der Waals surface area (Å²) < 4.78 is 5.08. The highest BCUT2D eigenvalue weighted by molar-refractivity contribution is 5.96. The van der Waals surface area contributed by atoms with Crippen molar-refractivity contribution in [2.75, 3.05) is 7.11 Å². The van der Waals surface area contributed by atoms with Crippen LogP contribution in [0.3, 0.4) is 0 Å². The van der Waals surface area contributed by atoms with Crippen LogP contribution in [0.2, 0.25) is 0 Å². The van der Waals surface area contributed by atoms with E-state index in [4.69, 9.17) is 4.74 Å². The van der Waals surface area contributed by atoms with Gasteiger partial charge in [-0.1, -0.05) is 13.8 Å². The number of ketones is 1. The van der Waals surface area contributed by atoms with E-state index in [-0.39, 0.29) is 11.5 Å². The summed E-state index contributed by atoms with van der Waals surface area (Å²) in [5, 5.41) is 9.61. The van der Waals surface area contributed by atoms with E-state index in [1.54, 1.807) is 12.1 Å². The zero-order chi connectivity index (χ0) is 15.1. The number of ether oxygens (including phenoxy) is 1. The number of hydrogen-bond acceptors (Lipinski definition) is 3. The minimum atomic E-state index is 0.0800. The molecule has 2 saturated carbocycles. The Balaban J connectivity index is 1.70. The molecule has 0 spiro atoms. The van der Waals surface area contributed by atoms with Gasteiger partial charge in [-0.15, -0.1) is 0 Å². The molecule has 0 heterocycles. The summed E-state index contributed by atoms with van der Waals surface area (Å²) in [5.41, 5.74) is 0.646. The van der Waals surface area contributed by atoms with Gasteiger partial charge in [0.25, 0.3) is 0 Å². The third-order valence-corrected chi connectivity index (χ3v) is 5.98. The van der Waals surface area contributed by atoms with E-state index in [2.05, 4.69) is 13.8 Å². The van der Waals surface area contributed by atoms with Crippen molar-refractivity contribution in [3.63, 3.8) is 0 Å². The monoisotopic (exact) mass is 288 g/mol. The molecule has 3 nitrogen and oxygen atoms in total. The lowest BCUT2D eigenvalue weighted by Gasteiger charge is -2.31. The van der Waals surface area contributed by atoms with Gasteiger partial charge in [-0.2, -0.15) is 0 Å². The summed E-state index contributed by atoms with van der Waals surface area (Å²) in [6.07, 6.45) is 3.14. The van der Waals surface area contributed by atoms with Gasteiger partial charge < -0.3 is 9.84 Å². The topological polar surface area (TPSA) is 46.5 Å². The van der Waals surface area contributed by atoms with Gasteiger partial charge in [0, 0.05) is 12.0 Å². The average Bonchev–Trinajstić information content (AvgIpc) is 3.00. The van der Waals surface area contributed by atoms with Crippen LogP contribution in [-0.4, -0.2) is 18.0 Å². The molecule has 5 unspecified atom stereocenters. The molecule has 5 atom stereocenters. The number of rotatable bonds is 4. The van der Waals surface area contributed by atoms with Crippen molar-refractivity contribution in [3.8, 4) is 11.5 Å². The summed E-state index contributed by atoms with van der Waals surface area (Å²) >= 11 is 0. The first-order chi connectivity index (χ1) is 10.0. The fourth-order valence-corrected chi connectivity index (χ4v) is 4.54. The van der Waals surface area contributed by atoms with Crippen molar-refractivity contribution in [3.05, 3.63) is 23.8 Å². The summed E-state index contributed by atoms with van der Waals surface area (Å²) in [7, 11) is 1.50. The maximum atomic E-state index is 12.5. The SMILES string of the molecule is COc1cc(C(=O)CC2CC3CC2C(C)C3C)ccc1O. The molecule has 1 aromatic rings. The number of Topliss-reactive ketones (excluding diaryl/α,β-unsaturated/α-hetero) is 1. The average molecular weight is 288 g/mol. The van der Waals surface area contributed by atoms with Crippen molar-refractivity contribution < 1.29 is 14.6 Å². The number of methoxy groups -OCH3 is 1. The van der Waals surface area contributed by atoms with Crippen LogP contribution in [0.25, 0.3) is 0 Å². The van der Waals surface area contributed by atoms with Gasteiger partial charge in [0.15, 0.2) is 17.3 Å². The van der Waals surface area contributed by atoms with Crippen molar-refractivity contribution >= 4 is 5.78 Å². The van der Waals surface area contributed by atoms with Gasteiger partial charge in [0.1, 0.15) is 0 Å². The summed E-state index contributed by atoms with van der Waals surface area (Å²) in [4.78, 5) is 12.5. The zero-order valence-corrected chi connectivity index (χ0v) is 13.0. The van der Waals surface area contributed by atoms with E-state index in [9.17, 15) is 9.90 Å². The molecule has 2 bridgehead atoms. The first kappa shape index (κ1) is 14.4. The van der Waals surface area contributed by atoms with Gasteiger partial charge in [-0.05, 0) is 60.6 Å². The van der Waals surface area contributed by atoms with Gasteiger partial charge in [-0.3, -0.25) is 4.79 Å². The lowest BCUT2D eigenvalue weighted by Crippen LogP contribution is -2.26. The number of fused-ring (bicyclic) bond motifs is 2. The molecule has 0 radical (unpaired) electrons. The smallest absolute Gasteiger partial charge is 0.163 e. The molecule has 3 rings (SSSR count). The maximum absolute atomic E-state index is 12.5. The number of phenolic OH excluding ortho intramolecular Hbond substituents is 1. The van der Waals surface area contributed by atoms with Crippen molar-refractivity contribution in [1.82, 2.24) is 0 Å². The molecule has 3 heteroatoms. The van der Waals surface area contributed by atoms with E-state index in [1.807, 2.05) is 0 Å². The van der Waals surface area contributed by atoms with Crippen molar-refractivity contribution in [2.45, 2.75) is 33.1 Å². The quantitative estimate of drug-likeness (QED) is 0.855. The lowest BCUT2D eigenvalue weighted by molar-refractivity contribution is 0.0913. The van der Waals surface area contributed by atoms with Crippen molar-refractivity contribution in [1.29, 1.82) is 0 Å². The molecule has 2 aliphatic rings. The zero-order valence-electron chi connectivity index (χ0n) is 13.0. The summed E-state index contributed by atoms with van der Waals surface area (Å²) in [6.45, 7) is 4.70. The van der Waals surface area contributed by atoms with Crippen LogP contribution in [0, 0.1) is 29.6 Å². The van der Waals surface area contributed by atoms with Gasteiger partial charge in [-0.25, -0.2) is 0 Å². The molecule has 0 saturated heterocycles. The van der Waals surface area contributed by atoms with Crippen molar-refractivity contribution in [2.24, 2.45) is 29.6 Å². The number of carbonyl (C=O) groups excluding carboxylic acids is 1. The maximum Gasteiger partial charge on any atom is 0.163 e. The van der Waals surface area contributed by atoms with Gasteiger partial charge >= 0.3 is 0 Å². The lowest BCUT2D eigenvalue weighted by atomic mass is 9.74. The van der Waals surface area contributed by atoms with Crippen LogP contribution in [0.1, 0.15) is 43.5 Å². The Labute approximate surface area is 126 Å². The number of hydrogen-bond donors (Lipinski definition) is 1. The normalized spacial score (nSPS) is 34.1. The summed E-state index contributed by atoms with van der Waals surface area (Å²) in [6, 6.07) is 4.88. The van der Waals surface area contributed by atoms with E-state index in [0.717, 1.165) is 17.8 Å². The number of phenols is 1. The molecule has 21 heavy (non-hydrogen) atoms. The molecule has 0 aliphatic heterocycles. The molecular weight excluding hydrogens is 264 g/mol. The molecule has 2 aliphatic carbocycles. The van der Waals surface area contributed by atoms with E-state index in [0.29, 0.717) is 29.6 Å². The van der Waals surface area contributed by atoms with Crippen LogP contribution < -0.4 is 4.74 Å². The molecule has 114 valence electrons. The Hall–Kier alpha value is -1.51. The Morgan fingerprint density at radius 1 is 1.29 bits per heavy atom. The Morgan fingerprint density at radius 2 is 2.05 bits per heavy atom. The molecular formula is C18H24O3. The highest BCUT2D eigenvalue weighted by Gasteiger charge is 2.48. The first-order valence-electron chi connectivity index (χ1n) is 7.91. The molecule has 0 amide bonds. The number of aromatic hydroxyl groups is 1. The molecule has 1 aromatic carbocycles. The second kappa shape index (κ2) is 5.36. The number of carbonyl (C=O) groups is 1. The second-order valence-corrected chi connectivity index (χ2v) is 6.89. The number of benzene rings is 1. The predicted octanol–water partition coefficient (Wildman–Crippen LogP) is 3.90. The Morgan fingerprint density at radius 3 is 2.67 bits per heavy atom. The van der Waals surface area contributed by atoms with Crippen LogP contribution in [0.15, 0.2) is 18.2 Å². The molecule has 2 fully saturated rings. The van der Waals surface area contributed by atoms with E-state index < -0.39 is 0 Å². The van der Waals surface area contributed by atoms with Crippen LogP contribution >= 0.6 is 0 Å². The standard InChI is InChI=1S/C18H24O3/c1-10-11(2)15-7-13(10)6-14(15)8-17(20)12-4-5-16(19)18(9-12)21-3/h4-5,9-11,13-15,19H,6-8H2,1-3H3. The largest absolute Gasteiger partial charge is 0.504 e. The molecule has 1 N–H and O–H groups in total. The van der Waals surface area contributed by atoms with Crippen LogP contribution in [-0.2, 0) is 0 Å². The van der Waals surface area contributed by atoms with Crippen LogP contribution in [0.5, 0.6) is 11.5 Å². The molecule has 0 aromatic heterocycles.